The molecule has 0 atom stereocenters. The SMILES string of the molecule is CC1(C)c2cc([Si](C)(C)C)ccc2-c2cnc(-c3[c-]cccc3)cc21.[Ir].[c-]1ccccc1-c1ccccn1. The Labute approximate surface area is 241 Å². The summed E-state index contributed by atoms with van der Waals surface area (Å²) < 4.78 is 0. The van der Waals surface area contributed by atoms with Crippen molar-refractivity contribution in [2.24, 2.45) is 0 Å². The van der Waals surface area contributed by atoms with Crippen LogP contribution in [0.1, 0.15) is 25.0 Å². The Morgan fingerprint density at radius 2 is 1.29 bits per heavy atom. The quantitative estimate of drug-likeness (QED) is 0.142. The minimum Gasteiger partial charge on any atom is -0.305 e. The van der Waals surface area contributed by atoms with E-state index in [1.165, 1.54) is 27.4 Å². The minimum atomic E-state index is -1.33. The molecule has 0 fully saturated rings. The van der Waals surface area contributed by atoms with E-state index in [0.29, 0.717) is 0 Å². The molecule has 1 aliphatic rings. The Morgan fingerprint density at radius 3 is 1.87 bits per heavy atom. The first kappa shape index (κ1) is 27.9. The van der Waals surface area contributed by atoms with Crippen molar-refractivity contribution in [1.82, 2.24) is 9.97 Å². The maximum Gasteiger partial charge on any atom is 0.0776 e. The van der Waals surface area contributed by atoms with Crippen LogP contribution in [-0.2, 0) is 25.5 Å². The Kier molecular flexibility index (Phi) is 8.27. The van der Waals surface area contributed by atoms with Crippen LogP contribution in [0.25, 0.3) is 33.6 Å². The van der Waals surface area contributed by atoms with E-state index in [1.54, 1.807) is 6.20 Å². The summed E-state index contributed by atoms with van der Waals surface area (Å²) in [7, 11) is -1.33. The van der Waals surface area contributed by atoms with Crippen LogP contribution in [0.4, 0.5) is 0 Å². The van der Waals surface area contributed by atoms with Crippen molar-refractivity contribution in [2.75, 3.05) is 0 Å². The molecule has 0 amide bonds. The van der Waals surface area contributed by atoms with Gasteiger partial charge in [-0.05, 0) is 34.1 Å². The fourth-order valence-electron chi connectivity index (χ4n) is 4.87. The van der Waals surface area contributed by atoms with Crippen molar-refractivity contribution in [3.63, 3.8) is 0 Å². The van der Waals surface area contributed by atoms with Gasteiger partial charge in [0.25, 0.3) is 0 Å². The predicted octanol–water partition coefficient (Wildman–Crippen LogP) is 7.95. The number of rotatable bonds is 3. The molecule has 0 unspecified atom stereocenters. The average molecular weight is 689 g/mol. The zero-order chi connectivity index (χ0) is 26.0. The monoisotopic (exact) mass is 689 g/mol. The van der Waals surface area contributed by atoms with Crippen molar-refractivity contribution >= 4 is 13.3 Å². The number of pyridine rings is 2. The van der Waals surface area contributed by atoms with Crippen LogP contribution >= 0.6 is 0 Å². The molecule has 0 bridgehead atoms. The number of hydrogen-bond acceptors (Lipinski definition) is 2. The minimum absolute atomic E-state index is 0. The second-order valence-electron chi connectivity index (χ2n) is 11.0. The molecule has 193 valence electrons. The number of nitrogens with zero attached hydrogens (tertiary/aromatic N) is 2. The molecule has 6 rings (SSSR count). The normalized spacial score (nSPS) is 12.9. The number of hydrogen-bond donors (Lipinski definition) is 0. The van der Waals surface area contributed by atoms with E-state index in [-0.39, 0.29) is 25.5 Å². The van der Waals surface area contributed by atoms with Gasteiger partial charge in [-0.25, -0.2) is 0 Å². The zero-order valence-electron chi connectivity index (χ0n) is 22.5. The molecule has 0 saturated heterocycles. The van der Waals surface area contributed by atoms with Gasteiger partial charge in [-0.15, -0.1) is 71.8 Å². The van der Waals surface area contributed by atoms with Gasteiger partial charge in [-0.3, -0.25) is 0 Å². The summed E-state index contributed by atoms with van der Waals surface area (Å²) in [4.78, 5) is 8.95. The Balaban J connectivity index is 0.000000218. The van der Waals surface area contributed by atoms with Gasteiger partial charge in [0.2, 0.25) is 0 Å². The number of benzene rings is 3. The van der Waals surface area contributed by atoms with Crippen LogP contribution < -0.4 is 5.19 Å². The molecule has 0 aliphatic heterocycles. The van der Waals surface area contributed by atoms with E-state index in [1.807, 2.05) is 66.9 Å². The van der Waals surface area contributed by atoms with Gasteiger partial charge in [0, 0.05) is 43.5 Å². The maximum absolute atomic E-state index is 4.73. The third-order valence-corrected chi connectivity index (χ3v) is 9.10. The largest absolute Gasteiger partial charge is 0.305 e. The van der Waals surface area contributed by atoms with Crippen molar-refractivity contribution in [2.45, 2.75) is 38.9 Å². The number of aromatic nitrogens is 2. The molecule has 3 aromatic carbocycles. The molecular formula is C34H32IrN2Si-2. The van der Waals surface area contributed by atoms with Crippen molar-refractivity contribution in [1.29, 1.82) is 0 Å². The third-order valence-electron chi connectivity index (χ3n) is 7.06. The molecule has 4 heteroatoms. The van der Waals surface area contributed by atoms with Crippen molar-refractivity contribution < 1.29 is 20.1 Å². The molecule has 5 aromatic rings. The Hall–Kier alpha value is -3.17. The third kappa shape index (κ3) is 5.63. The topological polar surface area (TPSA) is 25.8 Å². The first-order valence-electron chi connectivity index (χ1n) is 12.8. The molecule has 1 aliphatic carbocycles. The van der Waals surface area contributed by atoms with E-state index in [4.69, 9.17) is 4.98 Å². The maximum atomic E-state index is 4.73. The first-order valence-corrected chi connectivity index (χ1v) is 16.3. The van der Waals surface area contributed by atoms with Gasteiger partial charge in [-0.2, -0.15) is 0 Å². The summed E-state index contributed by atoms with van der Waals surface area (Å²) in [6.45, 7) is 11.9. The molecule has 38 heavy (non-hydrogen) atoms. The summed E-state index contributed by atoms with van der Waals surface area (Å²) in [5.74, 6) is 0. The van der Waals surface area contributed by atoms with Crippen molar-refractivity contribution in [3.8, 4) is 33.6 Å². The zero-order valence-corrected chi connectivity index (χ0v) is 25.9. The van der Waals surface area contributed by atoms with Gasteiger partial charge < -0.3 is 9.97 Å². The Morgan fingerprint density at radius 1 is 0.658 bits per heavy atom. The molecule has 1 radical (unpaired) electrons. The molecule has 0 spiro atoms. The van der Waals surface area contributed by atoms with E-state index < -0.39 is 8.07 Å². The van der Waals surface area contributed by atoms with E-state index in [0.717, 1.165) is 22.5 Å². The van der Waals surface area contributed by atoms with Crippen LogP contribution in [0.15, 0.2) is 103 Å². The van der Waals surface area contributed by atoms with Gasteiger partial charge in [-0.1, -0.05) is 75.1 Å². The molecule has 0 saturated carbocycles. The van der Waals surface area contributed by atoms with Crippen LogP contribution in [-0.4, -0.2) is 18.0 Å². The predicted molar refractivity (Wildman–Crippen MR) is 158 cm³/mol. The van der Waals surface area contributed by atoms with Crippen LogP contribution in [0.5, 0.6) is 0 Å². The van der Waals surface area contributed by atoms with E-state index in [2.05, 4.69) is 80.9 Å². The molecule has 2 nitrogen and oxygen atoms in total. The fraction of sp³-hybridized carbons (Fsp3) is 0.176. The molecule has 2 heterocycles. The summed E-state index contributed by atoms with van der Waals surface area (Å²) in [5.41, 5.74) is 9.52. The van der Waals surface area contributed by atoms with Crippen LogP contribution in [0.3, 0.4) is 0 Å². The van der Waals surface area contributed by atoms with Crippen molar-refractivity contribution in [3.05, 3.63) is 127 Å². The summed E-state index contributed by atoms with van der Waals surface area (Å²) >= 11 is 0. The average Bonchev–Trinajstić information content (AvgIpc) is 3.16. The summed E-state index contributed by atoms with van der Waals surface area (Å²) in [6.07, 6.45) is 3.84. The van der Waals surface area contributed by atoms with Gasteiger partial charge in [0.1, 0.15) is 0 Å². The van der Waals surface area contributed by atoms with Gasteiger partial charge in [0.05, 0.1) is 8.07 Å². The first-order chi connectivity index (χ1) is 17.7. The van der Waals surface area contributed by atoms with Crippen LogP contribution in [0.2, 0.25) is 19.6 Å². The van der Waals surface area contributed by atoms with Crippen LogP contribution in [0, 0.1) is 12.1 Å². The van der Waals surface area contributed by atoms with Gasteiger partial charge in [0.15, 0.2) is 0 Å². The molecular weight excluding hydrogens is 657 g/mol. The standard InChI is InChI=1S/C23H24NSi.C11H8N.Ir/c1-23(2)20-13-17(25(3,4)5)11-12-18(20)19-15-24-22(14-21(19)23)16-9-7-6-8-10-16;1-2-6-10(7-3-1)11-8-4-5-9-12-11;/h6-9,11-15H,1-5H3;1-6,8-9H;/q2*-1;. The smallest absolute Gasteiger partial charge is 0.0776 e. The summed E-state index contributed by atoms with van der Waals surface area (Å²) in [5, 5.41) is 1.52. The molecule has 2 aromatic heterocycles. The summed E-state index contributed by atoms with van der Waals surface area (Å²) in [6, 6.07) is 37.5. The van der Waals surface area contributed by atoms with Gasteiger partial charge >= 0.3 is 0 Å². The van der Waals surface area contributed by atoms with E-state index in [9.17, 15) is 0 Å². The second kappa shape index (κ2) is 11.3. The Bertz CT molecular complexity index is 1470. The second-order valence-corrected chi connectivity index (χ2v) is 16.1. The fourth-order valence-corrected chi connectivity index (χ4v) is 6.03. The molecule has 0 N–H and O–H groups in total. The van der Waals surface area contributed by atoms with E-state index >= 15 is 0 Å². The number of fused-ring (bicyclic) bond motifs is 3.